The zero-order valence-electron chi connectivity index (χ0n) is 9.34. The summed E-state index contributed by atoms with van der Waals surface area (Å²) in [7, 11) is 0. The van der Waals surface area contributed by atoms with Crippen LogP contribution in [0, 0.1) is 0 Å². The Morgan fingerprint density at radius 1 is 1.00 bits per heavy atom. The molecule has 2 rings (SSSR count). The van der Waals surface area contributed by atoms with Crippen LogP contribution in [0.1, 0.15) is 12.0 Å². The summed E-state index contributed by atoms with van der Waals surface area (Å²) < 4.78 is 38.9. The van der Waals surface area contributed by atoms with Crippen LogP contribution < -0.4 is 0 Å². The van der Waals surface area contributed by atoms with Crippen LogP contribution in [-0.4, -0.2) is 30.7 Å². The van der Waals surface area contributed by atoms with E-state index in [1.807, 2.05) is 0 Å². The van der Waals surface area contributed by atoms with Gasteiger partial charge in [-0.05, 0) is 17.7 Å². The minimum atomic E-state index is -4.37. The van der Waals surface area contributed by atoms with Gasteiger partial charge in [0.05, 0.1) is 13.1 Å². The normalized spacial score (nSPS) is 16.9. The molecule has 0 fully saturated rings. The summed E-state index contributed by atoms with van der Waals surface area (Å²) in [6.07, 6.45) is -4.63. The highest BCUT2D eigenvalue weighted by atomic mass is 79.9. The summed E-state index contributed by atoms with van der Waals surface area (Å²) in [6, 6.07) is 7.07. The molecule has 2 nitrogen and oxygen atoms in total. The largest absolute Gasteiger partial charge is 0.429 e. The predicted molar refractivity (Wildman–Crippen MR) is 68.5 cm³/mol. The van der Waals surface area contributed by atoms with Crippen molar-refractivity contribution >= 4 is 27.4 Å². The Hall–Kier alpha value is -1.17. The molecule has 0 atom stereocenters. The first kappa shape index (κ1) is 13.3. The zero-order valence-corrected chi connectivity index (χ0v) is 10.9. The molecule has 0 unspecified atom stereocenters. The first-order chi connectivity index (χ1) is 8.47. The van der Waals surface area contributed by atoms with Crippen LogP contribution in [-0.2, 0) is 0 Å². The summed E-state index contributed by atoms with van der Waals surface area (Å²) in [6.45, 7) is 0.389. The second-order valence-corrected chi connectivity index (χ2v) is 4.75. The van der Waals surface area contributed by atoms with Crippen LogP contribution in [0.15, 0.2) is 38.7 Å². The number of aliphatic imine (C=N–C) groups is 2. The number of nitrogens with zero attached hydrogens (tertiary/aromatic N) is 2. The summed E-state index contributed by atoms with van der Waals surface area (Å²) in [4.78, 5) is 7.73. The van der Waals surface area contributed by atoms with Crippen molar-refractivity contribution in [3.8, 4) is 0 Å². The van der Waals surface area contributed by atoms with Crippen molar-refractivity contribution in [3.05, 3.63) is 34.3 Å². The molecule has 0 radical (unpaired) electrons. The highest BCUT2D eigenvalue weighted by Crippen LogP contribution is 2.23. The molecule has 0 aliphatic carbocycles. The molecule has 1 aliphatic heterocycles. The van der Waals surface area contributed by atoms with E-state index in [4.69, 9.17) is 0 Å². The van der Waals surface area contributed by atoms with Crippen molar-refractivity contribution in [1.82, 2.24) is 0 Å². The lowest BCUT2D eigenvalue weighted by atomic mass is 10.0. The molecule has 1 aliphatic rings. The molecule has 0 saturated carbocycles. The van der Waals surface area contributed by atoms with Crippen molar-refractivity contribution in [3.63, 3.8) is 0 Å². The van der Waals surface area contributed by atoms with Gasteiger partial charge in [-0.1, -0.05) is 28.1 Å². The molecule has 6 heteroatoms. The van der Waals surface area contributed by atoms with Gasteiger partial charge in [0.15, 0.2) is 0 Å². The third-order valence-electron chi connectivity index (χ3n) is 2.54. The fourth-order valence-corrected chi connectivity index (χ4v) is 1.93. The highest BCUT2D eigenvalue weighted by Gasteiger charge is 2.36. The van der Waals surface area contributed by atoms with Gasteiger partial charge in [-0.2, -0.15) is 13.2 Å². The lowest BCUT2D eigenvalue weighted by Gasteiger charge is -2.10. The van der Waals surface area contributed by atoms with E-state index in [9.17, 15) is 13.2 Å². The second kappa shape index (κ2) is 5.22. The van der Waals surface area contributed by atoms with E-state index in [2.05, 4.69) is 25.9 Å². The third-order valence-corrected chi connectivity index (χ3v) is 3.07. The fourth-order valence-electron chi connectivity index (χ4n) is 1.67. The number of benzene rings is 1. The Morgan fingerprint density at radius 2 is 1.61 bits per heavy atom. The summed E-state index contributed by atoms with van der Waals surface area (Å²) in [5, 5.41) is 0. The van der Waals surface area contributed by atoms with Gasteiger partial charge in [0, 0.05) is 16.6 Å². The SMILES string of the molecule is FC(F)(F)C1=NCCN=C(c2ccc(Br)cc2)C1. The van der Waals surface area contributed by atoms with E-state index in [0.717, 1.165) is 4.47 Å². The van der Waals surface area contributed by atoms with E-state index in [-0.39, 0.29) is 13.0 Å². The average molecular weight is 319 g/mol. The molecule has 18 heavy (non-hydrogen) atoms. The molecule has 0 N–H and O–H groups in total. The van der Waals surface area contributed by atoms with Crippen LogP contribution in [0.4, 0.5) is 13.2 Å². The molecule has 96 valence electrons. The van der Waals surface area contributed by atoms with Gasteiger partial charge in [-0.15, -0.1) is 0 Å². The first-order valence-electron chi connectivity index (χ1n) is 5.36. The number of halogens is 4. The third kappa shape index (κ3) is 3.19. The summed E-state index contributed by atoms with van der Waals surface area (Å²) >= 11 is 3.28. The second-order valence-electron chi connectivity index (χ2n) is 3.84. The van der Waals surface area contributed by atoms with Gasteiger partial charge in [-0.3, -0.25) is 9.98 Å². The lowest BCUT2D eigenvalue weighted by Crippen LogP contribution is -2.25. The van der Waals surface area contributed by atoms with Crippen molar-refractivity contribution in [2.75, 3.05) is 13.1 Å². The summed E-state index contributed by atoms with van der Waals surface area (Å²) in [5.41, 5.74) is 0.398. The van der Waals surface area contributed by atoms with Gasteiger partial charge in [0.25, 0.3) is 0 Å². The molecule has 0 amide bonds. The Kier molecular flexibility index (Phi) is 3.85. The smallest absolute Gasteiger partial charge is 0.287 e. The Balaban J connectivity index is 2.27. The van der Waals surface area contributed by atoms with E-state index in [1.54, 1.807) is 24.3 Å². The van der Waals surface area contributed by atoms with Gasteiger partial charge in [-0.25, -0.2) is 0 Å². The molecular formula is C12H10BrF3N2. The zero-order chi connectivity index (χ0) is 13.2. The highest BCUT2D eigenvalue weighted by molar-refractivity contribution is 9.10. The number of rotatable bonds is 1. The maximum Gasteiger partial charge on any atom is 0.429 e. The van der Waals surface area contributed by atoms with Crippen LogP contribution in [0.5, 0.6) is 0 Å². The number of alkyl halides is 3. The number of hydrogen-bond acceptors (Lipinski definition) is 2. The maximum atomic E-state index is 12.7. The van der Waals surface area contributed by atoms with Crippen molar-refractivity contribution in [2.45, 2.75) is 12.6 Å². The van der Waals surface area contributed by atoms with Gasteiger partial charge >= 0.3 is 6.18 Å². The molecular weight excluding hydrogens is 309 g/mol. The summed E-state index contributed by atoms with van der Waals surface area (Å²) in [5.74, 6) is 0. The minimum absolute atomic E-state index is 0.0921. The van der Waals surface area contributed by atoms with Crippen LogP contribution in [0.25, 0.3) is 0 Å². The van der Waals surface area contributed by atoms with Gasteiger partial charge in [0.1, 0.15) is 5.71 Å². The van der Waals surface area contributed by atoms with Crippen molar-refractivity contribution < 1.29 is 13.2 Å². The van der Waals surface area contributed by atoms with Crippen molar-refractivity contribution in [1.29, 1.82) is 0 Å². The van der Waals surface area contributed by atoms with E-state index in [0.29, 0.717) is 17.8 Å². The standard InChI is InChI=1S/C12H10BrF3N2/c13-9-3-1-8(2-4-9)10-7-11(12(14,15)16)18-6-5-17-10/h1-4H,5-7H2. The molecule has 0 spiro atoms. The number of hydrogen-bond donors (Lipinski definition) is 0. The molecule has 1 heterocycles. The van der Waals surface area contributed by atoms with E-state index in [1.165, 1.54) is 0 Å². The van der Waals surface area contributed by atoms with Gasteiger partial charge in [0.2, 0.25) is 0 Å². The molecule has 1 aromatic rings. The van der Waals surface area contributed by atoms with Crippen LogP contribution in [0.3, 0.4) is 0 Å². The average Bonchev–Trinajstić information content (AvgIpc) is 2.55. The monoisotopic (exact) mass is 318 g/mol. The maximum absolute atomic E-state index is 12.7. The predicted octanol–water partition coefficient (Wildman–Crippen LogP) is 3.65. The Labute approximate surface area is 111 Å². The lowest BCUT2D eigenvalue weighted by molar-refractivity contribution is -0.0599. The molecule has 0 aromatic heterocycles. The van der Waals surface area contributed by atoms with Crippen molar-refractivity contribution in [2.24, 2.45) is 9.98 Å². The van der Waals surface area contributed by atoms with E-state index >= 15 is 0 Å². The van der Waals surface area contributed by atoms with Crippen LogP contribution >= 0.6 is 15.9 Å². The Bertz CT molecular complexity index is 489. The van der Waals surface area contributed by atoms with Crippen LogP contribution in [0.2, 0.25) is 0 Å². The first-order valence-corrected chi connectivity index (χ1v) is 6.16. The minimum Gasteiger partial charge on any atom is -0.287 e. The molecule has 0 bridgehead atoms. The quantitative estimate of drug-likeness (QED) is 0.755. The Morgan fingerprint density at radius 3 is 2.22 bits per heavy atom. The molecule has 1 aromatic carbocycles. The van der Waals surface area contributed by atoms with Gasteiger partial charge < -0.3 is 0 Å². The topological polar surface area (TPSA) is 24.7 Å². The molecule has 0 saturated heterocycles. The van der Waals surface area contributed by atoms with E-state index < -0.39 is 11.9 Å². The fraction of sp³-hybridized carbons (Fsp3) is 0.333.